The third kappa shape index (κ3) is 3.52. The van der Waals surface area contributed by atoms with Crippen molar-refractivity contribution in [1.82, 2.24) is 4.57 Å². The van der Waals surface area contributed by atoms with Gasteiger partial charge in [0.15, 0.2) is 0 Å². The molecule has 3 aromatic rings. The van der Waals surface area contributed by atoms with Crippen molar-refractivity contribution < 1.29 is 9.59 Å². The highest BCUT2D eigenvalue weighted by Gasteiger charge is 2.21. The van der Waals surface area contributed by atoms with E-state index in [1.165, 1.54) is 6.42 Å². The van der Waals surface area contributed by atoms with Crippen molar-refractivity contribution >= 4 is 28.4 Å². The van der Waals surface area contributed by atoms with Crippen molar-refractivity contribution in [2.75, 3.05) is 5.32 Å². The molecule has 1 aromatic heterocycles. The van der Waals surface area contributed by atoms with Crippen molar-refractivity contribution in [3.05, 3.63) is 65.9 Å². The van der Waals surface area contributed by atoms with Gasteiger partial charge in [0.1, 0.15) is 0 Å². The number of anilines is 1. The normalized spacial score (nSPS) is 15.0. The van der Waals surface area contributed by atoms with Crippen LogP contribution in [0, 0.1) is 12.8 Å². The molecular weight excluding hydrogens is 336 g/mol. The number of aromatic nitrogens is 1. The number of carbonyl (C=O) groups is 2. The van der Waals surface area contributed by atoms with Crippen molar-refractivity contribution in [3.63, 3.8) is 0 Å². The highest BCUT2D eigenvalue weighted by atomic mass is 16.2. The topological polar surface area (TPSA) is 51.1 Å². The van der Waals surface area contributed by atoms with Gasteiger partial charge >= 0.3 is 0 Å². The Kier molecular flexibility index (Phi) is 4.80. The summed E-state index contributed by atoms with van der Waals surface area (Å²) in [4.78, 5) is 25.4. The summed E-state index contributed by atoms with van der Waals surface area (Å²) in [6.07, 6.45) is 5.48. The summed E-state index contributed by atoms with van der Waals surface area (Å²) >= 11 is 0. The van der Waals surface area contributed by atoms with Crippen LogP contribution in [-0.4, -0.2) is 16.4 Å². The second-order valence-corrected chi connectivity index (χ2v) is 7.39. The Balaban J connectivity index is 1.61. The van der Waals surface area contributed by atoms with Gasteiger partial charge in [-0.05, 0) is 56.2 Å². The Bertz CT molecular complexity index is 982. The van der Waals surface area contributed by atoms with Crippen molar-refractivity contribution in [1.29, 1.82) is 0 Å². The lowest BCUT2D eigenvalue weighted by molar-refractivity contribution is -0.120. The summed E-state index contributed by atoms with van der Waals surface area (Å²) in [6.45, 7) is 1.93. The lowest BCUT2D eigenvalue weighted by atomic mass is 9.88. The standard InChI is InChI=1S/C23H24N2O2/c1-16-14-19-15-20(24-22(26)17-8-4-2-5-9-17)12-13-21(19)25(16)23(27)18-10-6-3-7-11-18/h3,6-7,10-15,17H,2,4-5,8-9H2,1H3,(H,24,26). The van der Waals surface area contributed by atoms with Crippen LogP contribution in [0.3, 0.4) is 0 Å². The van der Waals surface area contributed by atoms with Crippen LogP contribution in [0.5, 0.6) is 0 Å². The van der Waals surface area contributed by atoms with Crippen LogP contribution in [0.25, 0.3) is 10.9 Å². The molecule has 0 spiro atoms. The molecule has 0 bridgehead atoms. The van der Waals surface area contributed by atoms with Crippen LogP contribution >= 0.6 is 0 Å². The zero-order chi connectivity index (χ0) is 18.8. The first kappa shape index (κ1) is 17.5. The molecule has 1 saturated carbocycles. The van der Waals surface area contributed by atoms with E-state index in [-0.39, 0.29) is 17.7 Å². The van der Waals surface area contributed by atoms with Crippen LogP contribution in [0.1, 0.15) is 48.2 Å². The fourth-order valence-corrected chi connectivity index (χ4v) is 4.02. The summed E-state index contributed by atoms with van der Waals surface area (Å²) in [7, 11) is 0. The zero-order valence-corrected chi connectivity index (χ0v) is 15.6. The predicted molar refractivity (Wildman–Crippen MR) is 108 cm³/mol. The van der Waals surface area contributed by atoms with E-state index in [0.29, 0.717) is 5.56 Å². The second kappa shape index (κ2) is 7.39. The molecule has 0 unspecified atom stereocenters. The molecule has 0 aliphatic heterocycles. The molecule has 1 heterocycles. The summed E-state index contributed by atoms with van der Waals surface area (Å²) in [5.41, 5.74) is 3.20. The van der Waals surface area contributed by atoms with Gasteiger partial charge in [0.05, 0.1) is 5.52 Å². The minimum atomic E-state index is -0.0397. The van der Waals surface area contributed by atoms with Crippen molar-refractivity contribution in [3.8, 4) is 0 Å². The molecular formula is C23H24N2O2. The molecule has 27 heavy (non-hydrogen) atoms. The third-order valence-corrected chi connectivity index (χ3v) is 5.45. The Labute approximate surface area is 159 Å². The maximum absolute atomic E-state index is 12.9. The number of aryl methyl sites for hydroxylation is 1. The number of rotatable bonds is 3. The highest BCUT2D eigenvalue weighted by molar-refractivity contribution is 6.04. The number of amides is 1. The molecule has 0 saturated heterocycles. The van der Waals surface area contributed by atoms with E-state index in [4.69, 9.17) is 0 Å². The van der Waals surface area contributed by atoms with Crippen LogP contribution in [0.4, 0.5) is 5.69 Å². The molecule has 4 heteroatoms. The fourth-order valence-electron chi connectivity index (χ4n) is 4.02. The summed E-state index contributed by atoms with van der Waals surface area (Å²) in [5.74, 6) is 0.202. The van der Waals surface area contributed by atoms with Crippen LogP contribution in [-0.2, 0) is 4.79 Å². The zero-order valence-electron chi connectivity index (χ0n) is 15.6. The van der Waals surface area contributed by atoms with Crippen LogP contribution in [0.2, 0.25) is 0 Å². The Hall–Kier alpha value is -2.88. The van der Waals surface area contributed by atoms with Crippen LogP contribution < -0.4 is 5.32 Å². The molecule has 4 nitrogen and oxygen atoms in total. The van der Waals surface area contributed by atoms with Gasteiger partial charge in [-0.25, -0.2) is 0 Å². The number of hydrogen-bond donors (Lipinski definition) is 1. The third-order valence-electron chi connectivity index (χ3n) is 5.45. The minimum absolute atomic E-state index is 0.0397. The minimum Gasteiger partial charge on any atom is -0.326 e. The van der Waals surface area contributed by atoms with Crippen molar-refractivity contribution in [2.45, 2.75) is 39.0 Å². The Morgan fingerprint density at radius 2 is 1.70 bits per heavy atom. The van der Waals surface area contributed by atoms with E-state index in [2.05, 4.69) is 5.32 Å². The number of hydrogen-bond acceptors (Lipinski definition) is 2. The van der Waals surface area contributed by atoms with E-state index < -0.39 is 0 Å². The molecule has 1 aliphatic carbocycles. The van der Waals surface area contributed by atoms with E-state index in [0.717, 1.165) is 48.0 Å². The fraction of sp³-hybridized carbons (Fsp3) is 0.304. The molecule has 1 amide bonds. The monoisotopic (exact) mass is 360 g/mol. The van der Waals surface area contributed by atoms with Gasteiger partial charge in [-0.2, -0.15) is 0 Å². The Morgan fingerprint density at radius 1 is 0.963 bits per heavy atom. The predicted octanol–water partition coefficient (Wildman–Crippen LogP) is 5.16. The van der Waals surface area contributed by atoms with Gasteiger partial charge in [0.2, 0.25) is 5.91 Å². The van der Waals surface area contributed by atoms with Gasteiger partial charge in [0, 0.05) is 28.2 Å². The number of fused-ring (bicyclic) bond motifs is 1. The first-order valence-electron chi connectivity index (χ1n) is 9.66. The lowest BCUT2D eigenvalue weighted by Gasteiger charge is -2.20. The van der Waals surface area contributed by atoms with Gasteiger partial charge in [-0.1, -0.05) is 37.5 Å². The molecule has 2 aromatic carbocycles. The molecule has 1 fully saturated rings. The molecule has 0 atom stereocenters. The first-order valence-corrected chi connectivity index (χ1v) is 9.66. The number of benzene rings is 2. The average Bonchev–Trinajstić information content (AvgIpc) is 3.03. The lowest BCUT2D eigenvalue weighted by Crippen LogP contribution is -2.24. The van der Waals surface area contributed by atoms with Crippen LogP contribution in [0.15, 0.2) is 54.6 Å². The van der Waals surface area contributed by atoms with Gasteiger partial charge in [-0.3, -0.25) is 14.2 Å². The highest BCUT2D eigenvalue weighted by Crippen LogP contribution is 2.27. The maximum atomic E-state index is 12.9. The summed E-state index contributed by atoms with van der Waals surface area (Å²) < 4.78 is 1.73. The summed E-state index contributed by atoms with van der Waals surface area (Å²) in [6, 6.07) is 17.0. The second-order valence-electron chi connectivity index (χ2n) is 7.39. The molecule has 1 N–H and O–H groups in total. The maximum Gasteiger partial charge on any atom is 0.262 e. The van der Waals surface area contributed by atoms with Gasteiger partial charge in [-0.15, -0.1) is 0 Å². The number of nitrogens with one attached hydrogen (secondary N) is 1. The van der Waals surface area contributed by atoms with Crippen molar-refractivity contribution in [2.24, 2.45) is 5.92 Å². The molecule has 4 rings (SSSR count). The first-order chi connectivity index (χ1) is 13.1. The quantitative estimate of drug-likeness (QED) is 0.701. The molecule has 1 aliphatic rings. The SMILES string of the molecule is Cc1cc2cc(NC(=O)C3CCCCC3)ccc2n1C(=O)c1ccccc1. The van der Waals surface area contributed by atoms with E-state index in [1.54, 1.807) is 4.57 Å². The smallest absolute Gasteiger partial charge is 0.262 e. The van der Waals surface area contributed by atoms with Gasteiger partial charge < -0.3 is 5.32 Å². The van der Waals surface area contributed by atoms with E-state index in [1.807, 2.05) is 61.5 Å². The number of nitrogens with zero attached hydrogens (tertiary/aromatic N) is 1. The van der Waals surface area contributed by atoms with E-state index in [9.17, 15) is 9.59 Å². The largest absolute Gasteiger partial charge is 0.326 e. The molecule has 138 valence electrons. The van der Waals surface area contributed by atoms with E-state index >= 15 is 0 Å². The molecule has 0 radical (unpaired) electrons. The average molecular weight is 360 g/mol. The Morgan fingerprint density at radius 3 is 2.44 bits per heavy atom. The number of carbonyl (C=O) groups excluding carboxylic acids is 2. The summed E-state index contributed by atoms with van der Waals surface area (Å²) in [5, 5.41) is 4.02. The van der Waals surface area contributed by atoms with Gasteiger partial charge in [0.25, 0.3) is 5.91 Å².